The predicted octanol–water partition coefficient (Wildman–Crippen LogP) is 1.39. The van der Waals surface area contributed by atoms with Crippen LogP contribution in [0, 0.1) is 0 Å². The number of aliphatic carboxylic acids is 1. The normalized spacial score (nSPS) is 21.6. The molecule has 0 aromatic heterocycles. The number of benzene rings is 1. The molecule has 2 unspecified atom stereocenters. The Labute approximate surface area is 198 Å². The number of amides is 1. The Kier molecular flexibility index (Phi) is 8.67. The number of ketones is 2. The third kappa shape index (κ3) is 5.93. The number of carbonyl (C=O) groups is 4. The van der Waals surface area contributed by atoms with Crippen LogP contribution in [0.5, 0.6) is 0 Å². The minimum Gasteiger partial charge on any atom is -0.481 e. The topological polar surface area (TPSA) is 162 Å². The van der Waals surface area contributed by atoms with Gasteiger partial charge in [-0.05, 0) is 56.7 Å². The van der Waals surface area contributed by atoms with Crippen LogP contribution in [0.25, 0.3) is 0 Å². The Morgan fingerprint density at radius 2 is 1.79 bits per heavy atom. The highest BCUT2D eigenvalue weighted by Crippen LogP contribution is 2.43. The van der Waals surface area contributed by atoms with Gasteiger partial charge in [0.15, 0.2) is 11.6 Å². The molecule has 0 spiro atoms. The number of ether oxygens (including phenoxy) is 1. The number of carboxylic acid groups (broad SMARTS) is 1. The maximum Gasteiger partial charge on any atom is 0.407 e. The molecule has 0 bridgehead atoms. The number of hydrogen-bond acceptors (Lipinski definition) is 8. The van der Waals surface area contributed by atoms with E-state index in [0.717, 1.165) is 0 Å². The maximum absolute atomic E-state index is 13.9. The third-order valence-corrected chi connectivity index (χ3v) is 6.20. The van der Waals surface area contributed by atoms with Gasteiger partial charge in [-0.25, -0.2) is 4.79 Å². The first kappa shape index (κ1) is 26.8. The van der Waals surface area contributed by atoms with Gasteiger partial charge in [-0.15, -0.1) is 0 Å². The molecule has 0 aliphatic heterocycles. The van der Waals surface area contributed by atoms with Gasteiger partial charge in [0.05, 0.1) is 24.5 Å². The lowest BCUT2D eigenvalue weighted by atomic mass is 9.67. The van der Waals surface area contributed by atoms with Crippen molar-refractivity contribution >= 4 is 35.4 Å². The fourth-order valence-corrected chi connectivity index (χ4v) is 4.71. The molecule has 182 valence electrons. The second-order valence-corrected chi connectivity index (χ2v) is 10.2. The van der Waals surface area contributed by atoms with Crippen LogP contribution in [0.4, 0.5) is 4.79 Å². The van der Waals surface area contributed by atoms with Crippen molar-refractivity contribution in [2.24, 2.45) is 11.5 Å². The summed E-state index contributed by atoms with van der Waals surface area (Å²) in [7, 11) is 0. The fourth-order valence-electron chi connectivity index (χ4n) is 4.22. The zero-order valence-corrected chi connectivity index (χ0v) is 20.2. The van der Waals surface area contributed by atoms with Crippen molar-refractivity contribution in [1.29, 1.82) is 0 Å². The number of alkyl carbamates (subject to hydrolysis) is 1. The van der Waals surface area contributed by atoms with E-state index in [4.69, 9.17) is 16.2 Å². The quantitative estimate of drug-likeness (QED) is 0.363. The van der Waals surface area contributed by atoms with Crippen molar-refractivity contribution in [3.8, 4) is 0 Å². The van der Waals surface area contributed by atoms with Crippen molar-refractivity contribution < 1.29 is 29.0 Å². The van der Waals surface area contributed by atoms with Crippen molar-refractivity contribution in [2.45, 2.75) is 69.2 Å². The zero-order chi connectivity index (χ0) is 25.0. The lowest BCUT2D eigenvalue weighted by Gasteiger charge is -2.37. The van der Waals surface area contributed by atoms with Gasteiger partial charge < -0.3 is 26.6 Å². The van der Waals surface area contributed by atoms with Crippen molar-refractivity contribution in [3.63, 3.8) is 0 Å². The minimum atomic E-state index is -1.92. The number of carboxylic acids is 1. The summed E-state index contributed by atoms with van der Waals surface area (Å²) in [5.41, 5.74) is 10.6. The average molecular weight is 480 g/mol. The fraction of sp³-hybridized carbons (Fsp3) is 0.565. The Balaban J connectivity index is 2.63. The average Bonchev–Trinajstić information content (AvgIpc) is 3.03. The van der Waals surface area contributed by atoms with Crippen LogP contribution in [0.15, 0.2) is 24.3 Å². The van der Waals surface area contributed by atoms with E-state index in [1.54, 1.807) is 45.0 Å². The molecule has 2 rings (SSSR count). The van der Waals surface area contributed by atoms with Gasteiger partial charge in [-0.1, -0.05) is 24.3 Å². The van der Waals surface area contributed by atoms with Crippen LogP contribution >= 0.6 is 11.8 Å². The third-order valence-electron chi connectivity index (χ3n) is 5.56. The van der Waals surface area contributed by atoms with Gasteiger partial charge in [-0.3, -0.25) is 14.4 Å². The van der Waals surface area contributed by atoms with E-state index >= 15 is 0 Å². The molecule has 0 saturated heterocycles. The molecule has 1 aromatic rings. The number of nitrogens with two attached hydrogens (primary N) is 2. The van der Waals surface area contributed by atoms with Crippen molar-refractivity contribution in [2.75, 3.05) is 12.0 Å². The molecule has 4 atom stereocenters. The van der Waals surface area contributed by atoms with E-state index in [1.165, 1.54) is 11.8 Å². The van der Waals surface area contributed by atoms with Crippen LogP contribution in [0.3, 0.4) is 0 Å². The molecular formula is C23H33N3O6S. The molecule has 6 N–H and O–H groups in total. The zero-order valence-electron chi connectivity index (χ0n) is 19.4. The minimum absolute atomic E-state index is 0.169. The molecule has 1 aliphatic rings. The molecule has 9 nitrogen and oxygen atoms in total. The number of Topliss-reactive ketones (excluding diaryl/α,β-unsaturated/α-hetero) is 2. The first-order chi connectivity index (χ1) is 15.3. The number of nitrogens with one attached hydrogen (secondary N) is 1. The van der Waals surface area contributed by atoms with E-state index in [9.17, 15) is 24.3 Å². The Hall–Kier alpha value is -2.43. The summed E-state index contributed by atoms with van der Waals surface area (Å²) in [5.74, 6) is -2.05. The largest absolute Gasteiger partial charge is 0.481 e. The summed E-state index contributed by atoms with van der Waals surface area (Å²) >= 11 is 1.51. The Morgan fingerprint density at radius 3 is 2.36 bits per heavy atom. The van der Waals surface area contributed by atoms with Gasteiger partial charge in [0, 0.05) is 0 Å². The number of fused-ring (bicyclic) bond motifs is 1. The first-order valence-electron chi connectivity index (χ1n) is 10.7. The van der Waals surface area contributed by atoms with Gasteiger partial charge in [0.1, 0.15) is 11.0 Å². The maximum atomic E-state index is 13.9. The molecule has 0 heterocycles. The smallest absolute Gasteiger partial charge is 0.407 e. The van der Waals surface area contributed by atoms with E-state index in [2.05, 4.69) is 5.32 Å². The molecule has 0 saturated carbocycles. The standard InChI is InChI=1S/C23H33N3O6S/c1-22(2,3)32-21(31)26-17-11-13-7-5-6-8-14(13)23(17,19(29)15(24)9-10-33-4)20(30)16(25)12-18(27)28/h5-8,15-17H,9-12,24-25H2,1-4H3,(H,26,31)(H,27,28)/t15-,16-,17?,23?/m0/s1. The van der Waals surface area contributed by atoms with E-state index in [-0.39, 0.29) is 6.42 Å². The second kappa shape index (κ2) is 10.7. The molecule has 1 aliphatic carbocycles. The van der Waals surface area contributed by atoms with Gasteiger partial charge >= 0.3 is 12.1 Å². The molecule has 0 radical (unpaired) electrons. The van der Waals surface area contributed by atoms with Gasteiger partial charge in [0.25, 0.3) is 0 Å². The number of thioether (sulfide) groups is 1. The Morgan fingerprint density at radius 1 is 1.18 bits per heavy atom. The van der Waals surface area contributed by atoms with Crippen LogP contribution in [-0.4, -0.2) is 64.5 Å². The first-order valence-corrected chi connectivity index (χ1v) is 12.1. The monoisotopic (exact) mass is 479 g/mol. The van der Waals surface area contributed by atoms with Gasteiger partial charge in [-0.2, -0.15) is 11.8 Å². The lowest BCUT2D eigenvalue weighted by Crippen LogP contribution is -2.64. The number of carbonyl (C=O) groups excluding carboxylic acids is 3. The van der Waals surface area contributed by atoms with Gasteiger partial charge in [0.2, 0.25) is 0 Å². The van der Waals surface area contributed by atoms with Crippen LogP contribution < -0.4 is 16.8 Å². The summed E-state index contributed by atoms with van der Waals surface area (Å²) in [5, 5.41) is 11.9. The van der Waals surface area contributed by atoms with E-state index in [1.807, 2.05) is 6.26 Å². The van der Waals surface area contributed by atoms with Crippen LogP contribution in [0.1, 0.15) is 44.7 Å². The lowest BCUT2D eigenvalue weighted by molar-refractivity contribution is -0.143. The highest BCUT2D eigenvalue weighted by atomic mass is 32.2. The number of hydrogen-bond donors (Lipinski definition) is 4. The van der Waals surface area contributed by atoms with E-state index in [0.29, 0.717) is 23.3 Å². The summed E-state index contributed by atoms with van der Waals surface area (Å²) < 4.78 is 5.37. The Bertz CT molecular complexity index is 916. The highest BCUT2D eigenvalue weighted by molar-refractivity contribution is 7.98. The number of rotatable bonds is 10. The predicted molar refractivity (Wildman–Crippen MR) is 126 cm³/mol. The molecule has 1 amide bonds. The molecular weight excluding hydrogens is 446 g/mol. The molecule has 1 aromatic carbocycles. The van der Waals surface area contributed by atoms with E-state index < -0.39 is 59.2 Å². The SMILES string of the molecule is CSCC[C@H](N)C(=O)C1(C(=O)[C@@H](N)CC(=O)O)c2ccccc2CC1NC(=O)OC(C)(C)C. The summed E-state index contributed by atoms with van der Waals surface area (Å²) in [6, 6.07) is 3.35. The summed E-state index contributed by atoms with van der Waals surface area (Å²) in [6.07, 6.45) is 0.898. The van der Waals surface area contributed by atoms with Crippen molar-refractivity contribution in [3.05, 3.63) is 35.4 Å². The summed E-state index contributed by atoms with van der Waals surface area (Å²) in [4.78, 5) is 51.7. The highest BCUT2D eigenvalue weighted by Gasteiger charge is 2.60. The van der Waals surface area contributed by atoms with Crippen LogP contribution in [-0.2, 0) is 31.0 Å². The van der Waals surface area contributed by atoms with Crippen LogP contribution in [0.2, 0.25) is 0 Å². The molecule has 10 heteroatoms. The second-order valence-electron chi connectivity index (χ2n) is 9.19. The molecule has 33 heavy (non-hydrogen) atoms. The molecule has 0 fully saturated rings. The van der Waals surface area contributed by atoms with Crippen molar-refractivity contribution in [1.82, 2.24) is 5.32 Å². The summed E-state index contributed by atoms with van der Waals surface area (Å²) in [6.45, 7) is 5.09.